The molecular weight excluding hydrogens is 444 g/mol. The molecule has 2 aliphatic heterocycles. The molecule has 2 fully saturated rings. The highest BCUT2D eigenvalue weighted by Gasteiger charge is 2.58. The molecular formula is C17H32O15. The van der Waals surface area contributed by atoms with Crippen molar-refractivity contribution in [2.75, 3.05) is 39.6 Å². The van der Waals surface area contributed by atoms with Crippen LogP contribution in [0.15, 0.2) is 0 Å². The van der Waals surface area contributed by atoms with Crippen LogP contribution in [0, 0.1) is 0 Å². The molecule has 32 heavy (non-hydrogen) atoms. The van der Waals surface area contributed by atoms with Crippen LogP contribution in [0.2, 0.25) is 0 Å². The maximum atomic E-state index is 10.2. The van der Waals surface area contributed by atoms with Gasteiger partial charge in [-0.2, -0.15) is 0 Å². The zero-order valence-electron chi connectivity index (χ0n) is 17.0. The summed E-state index contributed by atoms with van der Waals surface area (Å²) in [5, 5.41) is 97.0. The van der Waals surface area contributed by atoms with Crippen molar-refractivity contribution < 1.29 is 74.7 Å². The van der Waals surface area contributed by atoms with Crippen LogP contribution in [0.3, 0.4) is 0 Å². The van der Waals surface area contributed by atoms with Crippen molar-refractivity contribution in [3.63, 3.8) is 0 Å². The number of aliphatic hydroxyl groups excluding tert-OH is 10. The van der Waals surface area contributed by atoms with E-state index in [1.54, 1.807) is 0 Å². The lowest BCUT2D eigenvalue weighted by Crippen LogP contribution is -2.63. The standard InChI is InChI=1S/C17H32O15/c18-1-7(22)4-28-10(3-20)29-5-9-11(23)13(25)14(26)16(30-9)32-17(6-21)15(27)12(24)8(2-19)31-17/h7-16,18-27H,1-6H2/t7?,8-,9-,10?,11-,12-,13+,14-,15+,16-,17+/m1/s1. The average Bonchev–Trinajstić information content (AvgIpc) is 3.04. The first-order valence-corrected chi connectivity index (χ1v) is 9.90. The maximum absolute atomic E-state index is 10.2. The van der Waals surface area contributed by atoms with Crippen molar-refractivity contribution >= 4 is 0 Å². The second kappa shape index (κ2) is 12.2. The van der Waals surface area contributed by atoms with Crippen LogP contribution in [0.4, 0.5) is 0 Å². The number of hydrogen-bond donors (Lipinski definition) is 10. The minimum atomic E-state index is -2.32. The quantitative estimate of drug-likeness (QED) is 0.118. The van der Waals surface area contributed by atoms with Gasteiger partial charge in [0.15, 0.2) is 12.6 Å². The molecule has 0 aromatic carbocycles. The fourth-order valence-electron chi connectivity index (χ4n) is 3.24. The lowest BCUT2D eigenvalue weighted by atomic mass is 9.99. The molecule has 0 radical (unpaired) electrons. The van der Waals surface area contributed by atoms with E-state index in [2.05, 4.69) is 0 Å². The summed E-state index contributed by atoms with van der Waals surface area (Å²) in [5.41, 5.74) is 0. The maximum Gasteiger partial charge on any atom is 0.224 e. The van der Waals surface area contributed by atoms with E-state index in [0.717, 1.165) is 0 Å². The molecule has 190 valence electrons. The van der Waals surface area contributed by atoms with Crippen LogP contribution in [-0.4, -0.2) is 158 Å². The zero-order valence-corrected chi connectivity index (χ0v) is 17.0. The Morgan fingerprint density at radius 1 is 0.812 bits per heavy atom. The summed E-state index contributed by atoms with van der Waals surface area (Å²) >= 11 is 0. The van der Waals surface area contributed by atoms with Gasteiger partial charge in [0.1, 0.15) is 55.4 Å². The molecule has 10 N–H and O–H groups in total. The van der Waals surface area contributed by atoms with E-state index in [0.29, 0.717) is 0 Å². The molecule has 15 nitrogen and oxygen atoms in total. The van der Waals surface area contributed by atoms with Gasteiger partial charge in [-0.3, -0.25) is 0 Å². The minimum Gasteiger partial charge on any atom is -0.394 e. The van der Waals surface area contributed by atoms with Crippen LogP contribution >= 0.6 is 0 Å². The Morgan fingerprint density at radius 2 is 1.50 bits per heavy atom. The van der Waals surface area contributed by atoms with Crippen molar-refractivity contribution in [2.24, 2.45) is 0 Å². The number of aliphatic hydroxyl groups is 10. The first kappa shape index (κ1) is 27.6. The molecule has 0 spiro atoms. The molecule has 0 bridgehead atoms. The van der Waals surface area contributed by atoms with Gasteiger partial charge in [0.25, 0.3) is 0 Å². The SMILES string of the molecule is OCC(O)COC(CO)OC[C@H]1O[C@H](O[C@]2(CO)O[C@H](CO)[C@@H](O)[C@@H]2O)[C@H](O)[C@@H](O)[C@@H]1O. The molecule has 2 heterocycles. The molecule has 2 saturated heterocycles. The van der Waals surface area contributed by atoms with E-state index in [1.165, 1.54) is 0 Å². The Hall–Kier alpha value is -0.600. The Bertz CT molecular complexity index is 554. The van der Waals surface area contributed by atoms with E-state index < -0.39 is 100 Å². The van der Waals surface area contributed by atoms with Crippen LogP contribution in [0.1, 0.15) is 0 Å². The first-order chi connectivity index (χ1) is 15.1. The van der Waals surface area contributed by atoms with Gasteiger partial charge in [0.05, 0.1) is 33.0 Å². The number of hydrogen-bond acceptors (Lipinski definition) is 15. The van der Waals surface area contributed by atoms with Gasteiger partial charge in [-0.05, 0) is 0 Å². The van der Waals surface area contributed by atoms with Gasteiger partial charge in [-0.1, -0.05) is 0 Å². The summed E-state index contributed by atoms with van der Waals surface area (Å²) in [6.07, 6.45) is -15.9. The van der Waals surface area contributed by atoms with Crippen LogP contribution in [0.5, 0.6) is 0 Å². The second-order valence-electron chi connectivity index (χ2n) is 7.49. The Balaban J connectivity index is 2.05. The number of ether oxygens (including phenoxy) is 5. The number of rotatable bonds is 12. The highest BCUT2D eigenvalue weighted by atomic mass is 16.8. The van der Waals surface area contributed by atoms with Crippen molar-refractivity contribution in [3.05, 3.63) is 0 Å². The molecule has 2 unspecified atom stereocenters. The second-order valence-corrected chi connectivity index (χ2v) is 7.49. The summed E-state index contributed by atoms with van der Waals surface area (Å²) in [7, 11) is 0. The molecule has 2 aliphatic rings. The van der Waals surface area contributed by atoms with Gasteiger partial charge in [-0.25, -0.2) is 0 Å². The minimum absolute atomic E-state index is 0.370. The van der Waals surface area contributed by atoms with Crippen molar-refractivity contribution in [3.8, 4) is 0 Å². The van der Waals surface area contributed by atoms with Crippen LogP contribution in [-0.2, 0) is 23.7 Å². The monoisotopic (exact) mass is 476 g/mol. The fraction of sp³-hybridized carbons (Fsp3) is 1.00. The largest absolute Gasteiger partial charge is 0.394 e. The predicted octanol–water partition coefficient (Wildman–Crippen LogP) is -6.68. The molecule has 15 heteroatoms. The first-order valence-electron chi connectivity index (χ1n) is 9.90. The zero-order chi connectivity index (χ0) is 24.1. The molecule has 0 aromatic heterocycles. The van der Waals surface area contributed by atoms with Gasteiger partial charge in [-0.15, -0.1) is 0 Å². The van der Waals surface area contributed by atoms with E-state index in [-0.39, 0.29) is 6.61 Å². The van der Waals surface area contributed by atoms with Gasteiger partial charge >= 0.3 is 0 Å². The summed E-state index contributed by atoms with van der Waals surface area (Å²) in [5.74, 6) is -2.32. The Labute approximate surface area is 182 Å². The molecule has 0 saturated carbocycles. The lowest BCUT2D eigenvalue weighted by molar-refractivity contribution is -0.385. The highest BCUT2D eigenvalue weighted by Crippen LogP contribution is 2.36. The molecule has 0 amide bonds. The molecule has 0 aromatic rings. The third-order valence-electron chi connectivity index (χ3n) is 5.17. The molecule has 2 rings (SSSR count). The summed E-state index contributed by atoms with van der Waals surface area (Å²) in [4.78, 5) is 0. The lowest BCUT2D eigenvalue weighted by Gasteiger charge is -2.43. The normalized spacial score (nSPS) is 42.2. The van der Waals surface area contributed by atoms with Crippen LogP contribution in [0.25, 0.3) is 0 Å². The average molecular weight is 476 g/mol. The van der Waals surface area contributed by atoms with E-state index in [9.17, 15) is 46.0 Å². The third-order valence-corrected chi connectivity index (χ3v) is 5.17. The topological polar surface area (TPSA) is 248 Å². The Morgan fingerprint density at radius 3 is 2.03 bits per heavy atom. The van der Waals surface area contributed by atoms with E-state index >= 15 is 0 Å². The summed E-state index contributed by atoms with van der Waals surface area (Å²) in [6.45, 7) is -3.88. The van der Waals surface area contributed by atoms with Crippen LogP contribution < -0.4 is 0 Å². The van der Waals surface area contributed by atoms with Gasteiger partial charge in [0.2, 0.25) is 5.79 Å². The van der Waals surface area contributed by atoms with Crippen molar-refractivity contribution in [1.82, 2.24) is 0 Å². The predicted molar refractivity (Wildman–Crippen MR) is 97.4 cm³/mol. The summed E-state index contributed by atoms with van der Waals surface area (Å²) < 4.78 is 26.2. The van der Waals surface area contributed by atoms with Gasteiger partial charge in [0, 0.05) is 0 Å². The Kier molecular flexibility index (Phi) is 10.5. The molecule has 0 aliphatic carbocycles. The third kappa shape index (κ3) is 6.09. The van der Waals surface area contributed by atoms with Crippen molar-refractivity contribution in [1.29, 1.82) is 0 Å². The van der Waals surface area contributed by atoms with Crippen molar-refractivity contribution in [2.45, 2.75) is 67.2 Å². The van der Waals surface area contributed by atoms with E-state index in [1.807, 2.05) is 0 Å². The highest BCUT2D eigenvalue weighted by molar-refractivity contribution is 4.98. The van der Waals surface area contributed by atoms with E-state index in [4.69, 9.17) is 28.8 Å². The van der Waals surface area contributed by atoms with Gasteiger partial charge < -0.3 is 74.7 Å². The molecule has 11 atom stereocenters. The fourth-order valence-corrected chi connectivity index (χ4v) is 3.24. The summed E-state index contributed by atoms with van der Waals surface area (Å²) in [6, 6.07) is 0. The smallest absolute Gasteiger partial charge is 0.224 e.